The molecule has 0 saturated heterocycles. The maximum atomic E-state index is 5.41. The van der Waals surface area contributed by atoms with E-state index in [0.717, 1.165) is 55.5 Å². The van der Waals surface area contributed by atoms with Gasteiger partial charge in [0.25, 0.3) is 0 Å². The number of halogens is 1. The molecule has 0 spiro atoms. The summed E-state index contributed by atoms with van der Waals surface area (Å²) in [7, 11) is 5.12. The van der Waals surface area contributed by atoms with E-state index >= 15 is 0 Å². The molecule has 0 saturated carbocycles. The highest BCUT2D eigenvalue weighted by Crippen LogP contribution is 2.24. The van der Waals surface area contributed by atoms with Crippen molar-refractivity contribution < 1.29 is 9.47 Å². The maximum Gasteiger partial charge on any atom is 0.190 e. The van der Waals surface area contributed by atoms with Crippen LogP contribution < -0.4 is 20.1 Å². The van der Waals surface area contributed by atoms with Gasteiger partial charge in [-0.3, -0.25) is 9.67 Å². The number of rotatable bonds is 9. The minimum Gasteiger partial charge on any atom is -0.497 e. The van der Waals surface area contributed by atoms with Gasteiger partial charge in [-0.1, -0.05) is 0 Å². The molecular formula is C18H28IN5O2. The second-order valence-electron chi connectivity index (χ2n) is 5.48. The molecular weight excluding hydrogens is 445 g/mol. The Balaban J connectivity index is 0.00000338. The van der Waals surface area contributed by atoms with Gasteiger partial charge < -0.3 is 20.1 Å². The third-order valence-corrected chi connectivity index (χ3v) is 3.81. The van der Waals surface area contributed by atoms with E-state index in [2.05, 4.69) is 20.7 Å². The van der Waals surface area contributed by atoms with Crippen LogP contribution in [-0.4, -0.2) is 50.1 Å². The van der Waals surface area contributed by atoms with Crippen molar-refractivity contribution in [3.05, 3.63) is 42.2 Å². The summed E-state index contributed by atoms with van der Waals surface area (Å²) in [5, 5.41) is 10.8. The first-order valence-electron chi connectivity index (χ1n) is 8.39. The first-order valence-corrected chi connectivity index (χ1v) is 8.39. The Labute approximate surface area is 172 Å². The SMILES string of the molecule is CN=C(NCCCn1cccn1)NCCc1cc(OC)ccc1OC.I. The molecule has 7 nitrogen and oxygen atoms in total. The Morgan fingerprint density at radius 2 is 2.00 bits per heavy atom. The Kier molecular flexibility index (Phi) is 10.5. The molecule has 1 aromatic heterocycles. The van der Waals surface area contributed by atoms with Crippen LogP contribution >= 0.6 is 24.0 Å². The minimum absolute atomic E-state index is 0. The number of ether oxygens (including phenoxy) is 2. The summed E-state index contributed by atoms with van der Waals surface area (Å²) >= 11 is 0. The van der Waals surface area contributed by atoms with Crippen LogP contribution in [0.4, 0.5) is 0 Å². The third-order valence-electron chi connectivity index (χ3n) is 3.81. The fourth-order valence-corrected chi connectivity index (χ4v) is 2.49. The molecule has 144 valence electrons. The molecule has 0 atom stereocenters. The average molecular weight is 473 g/mol. The van der Waals surface area contributed by atoms with Gasteiger partial charge in [-0.25, -0.2) is 0 Å². The number of nitrogens with one attached hydrogen (secondary N) is 2. The molecule has 0 radical (unpaired) electrons. The van der Waals surface area contributed by atoms with Crippen molar-refractivity contribution in [2.45, 2.75) is 19.4 Å². The van der Waals surface area contributed by atoms with E-state index in [0.29, 0.717) is 0 Å². The lowest BCUT2D eigenvalue weighted by Crippen LogP contribution is -2.39. The van der Waals surface area contributed by atoms with Gasteiger partial charge in [0.15, 0.2) is 5.96 Å². The zero-order chi connectivity index (χ0) is 17.9. The molecule has 1 aromatic carbocycles. The van der Waals surface area contributed by atoms with Gasteiger partial charge in [0.2, 0.25) is 0 Å². The van der Waals surface area contributed by atoms with Crippen molar-refractivity contribution in [3.63, 3.8) is 0 Å². The van der Waals surface area contributed by atoms with Crippen LogP contribution in [0.1, 0.15) is 12.0 Å². The number of nitrogens with zero attached hydrogens (tertiary/aromatic N) is 3. The zero-order valence-corrected chi connectivity index (χ0v) is 17.9. The summed E-state index contributed by atoms with van der Waals surface area (Å²) in [6, 6.07) is 7.76. The van der Waals surface area contributed by atoms with Gasteiger partial charge in [0.05, 0.1) is 14.2 Å². The molecule has 0 bridgehead atoms. The zero-order valence-electron chi connectivity index (χ0n) is 15.6. The summed E-state index contributed by atoms with van der Waals surface area (Å²) < 4.78 is 12.6. The van der Waals surface area contributed by atoms with Gasteiger partial charge in [-0.2, -0.15) is 5.10 Å². The predicted octanol–water partition coefficient (Wildman–Crippen LogP) is 2.32. The smallest absolute Gasteiger partial charge is 0.190 e. The summed E-state index contributed by atoms with van der Waals surface area (Å²) in [6.07, 6.45) is 5.55. The Morgan fingerprint density at radius 1 is 1.19 bits per heavy atom. The Hall–Kier alpha value is -1.97. The summed E-state index contributed by atoms with van der Waals surface area (Å²) in [5.74, 6) is 2.49. The minimum atomic E-state index is 0. The van der Waals surface area contributed by atoms with Gasteiger partial charge in [0.1, 0.15) is 11.5 Å². The molecule has 2 aromatic rings. The Morgan fingerprint density at radius 3 is 2.65 bits per heavy atom. The highest BCUT2D eigenvalue weighted by Gasteiger charge is 2.05. The van der Waals surface area contributed by atoms with Crippen LogP contribution in [0, 0.1) is 0 Å². The average Bonchev–Trinajstić information content (AvgIpc) is 3.17. The topological polar surface area (TPSA) is 72.7 Å². The van der Waals surface area contributed by atoms with Crippen LogP contribution in [0.3, 0.4) is 0 Å². The second-order valence-corrected chi connectivity index (χ2v) is 5.48. The second kappa shape index (κ2) is 12.4. The molecule has 2 N–H and O–H groups in total. The molecule has 0 aliphatic rings. The fourth-order valence-electron chi connectivity index (χ4n) is 2.49. The van der Waals surface area contributed by atoms with E-state index in [4.69, 9.17) is 9.47 Å². The van der Waals surface area contributed by atoms with E-state index in [9.17, 15) is 0 Å². The van der Waals surface area contributed by atoms with E-state index in [1.807, 2.05) is 35.1 Å². The highest BCUT2D eigenvalue weighted by molar-refractivity contribution is 14.0. The van der Waals surface area contributed by atoms with Gasteiger partial charge >= 0.3 is 0 Å². The lowest BCUT2D eigenvalue weighted by atomic mass is 10.1. The normalized spacial score (nSPS) is 10.8. The lowest BCUT2D eigenvalue weighted by molar-refractivity contribution is 0.398. The number of benzene rings is 1. The number of hydrogen-bond acceptors (Lipinski definition) is 4. The number of methoxy groups -OCH3 is 2. The van der Waals surface area contributed by atoms with E-state index in [-0.39, 0.29) is 24.0 Å². The molecule has 8 heteroatoms. The summed E-state index contributed by atoms with van der Waals surface area (Å²) in [6.45, 7) is 2.47. The van der Waals surface area contributed by atoms with Crippen LogP contribution in [-0.2, 0) is 13.0 Å². The van der Waals surface area contributed by atoms with Crippen LogP contribution in [0.25, 0.3) is 0 Å². The monoisotopic (exact) mass is 473 g/mol. The van der Waals surface area contributed by atoms with Crippen molar-refractivity contribution in [2.24, 2.45) is 4.99 Å². The predicted molar refractivity (Wildman–Crippen MR) is 115 cm³/mol. The van der Waals surface area contributed by atoms with Crippen LogP contribution in [0.15, 0.2) is 41.7 Å². The molecule has 0 aliphatic carbocycles. The van der Waals surface area contributed by atoms with Crippen molar-refractivity contribution in [3.8, 4) is 11.5 Å². The molecule has 26 heavy (non-hydrogen) atoms. The molecule has 0 amide bonds. The summed E-state index contributed by atoms with van der Waals surface area (Å²) in [4.78, 5) is 4.25. The number of aromatic nitrogens is 2. The molecule has 2 rings (SSSR count). The first-order chi connectivity index (χ1) is 12.3. The highest BCUT2D eigenvalue weighted by atomic mass is 127. The quantitative estimate of drug-likeness (QED) is 0.253. The summed E-state index contributed by atoms with van der Waals surface area (Å²) in [5.41, 5.74) is 1.10. The van der Waals surface area contributed by atoms with Crippen molar-refractivity contribution in [1.82, 2.24) is 20.4 Å². The van der Waals surface area contributed by atoms with E-state index in [1.165, 1.54) is 0 Å². The van der Waals surface area contributed by atoms with Crippen molar-refractivity contribution in [2.75, 3.05) is 34.4 Å². The van der Waals surface area contributed by atoms with Crippen LogP contribution in [0.5, 0.6) is 11.5 Å². The third kappa shape index (κ3) is 7.11. The first kappa shape index (κ1) is 22.1. The molecule has 0 fully saturated rings. The number of hydrogen-bond donors (Lipinski definition) is 2. The maximum absolute atomic E-state index is 5.41. The van der Waals surface area contributed by atoms with Crippen LogP contribution in [0.2, 0.25) is 0 Å². The fraction of sp³-hybridized carbons (Fsp3) is 0.444. The Bertz CT molecular complexity index is 662. The van der Waals surface area contributed by atoms with E-state index < -0.39 is 0 Å². The van der Waals surface area contributed by atoms with Crippen molar-refractivity contribution in [1.29, 1.82) is 0 Å². The molecule has 0 unspecified atom stereocenters. The van der Waals surface area contributed by atoms with E-state index in [1.54, 1.807) is 27.5 Å². The molecule has 0 aliphatic heterocycles. The lowest BCUT2D eigenvalue weighted by Gasteiger charge is -2.14. The van der Waals surface area contributed by atoms with Crippen molar-refractivity contribution >= 4 is 29.9 Å². The number of aryl methyl sites for hydroxylation is 1. The number of aliphatic imine (C=N–C) groups is 1. The molecule has 1 heterocycles. The number of guanidine groups is 1. The van der Waals surface area contributed by atoms with Gasteiger partial charge in [-0.05, 0) is 42.7 Å². The standard InChI is InChI=1S/C18H27N5O2.HI/c1-19-18(20-9-4-12-23-13-5-10-22-23)21-11-8-15-14-16(24-2)6-7-17(15)25-3;/h5-7,10,13-14H,4,8-9,11-12H2,1-3H3,(H2,19,20,21);1H. The van der Waals surface area contributed by atoms with Gasteiger partial charge in [0, 0.05) is 39.1 Å². The largest absolute Gasteiger partial charge is 0.497 e. The van der Waals surface area contributed by atoms with Gasteiger partial charge in [-0.15, -0.1) is 24.0 Å².